The van der Waals surface area contributed by atoms with Gasteiger partial charge in [-0.15, -0.1) is 0 Å². The summed E-state index contributed by atoms with van der Waals surface area (Å²) in [4.78, 5) is 0.183. The van der Waals surface area contributed by atoms with Gasteiger partial charge in [-0.05, 0) is 11.6 Å². The van der Waals surface area contributed by atoms with E-state index in [1.807, 2.05) is 0 Å². The van der Waals surface area contributed by atoms with E-state index in [0.717, 1.165) is 0 Å². The highest BCUT2D eigenvalue weighted by Gasteiger charge is 2.28. The van der Waals surface area contributed by atoms with Gasteiger partial charge in [-0.2, -0.15) is 0 Å². The third-order valence-electron chi connectivity index (χ3n) is 1.76. The van der Waals surface area contributed by atoms with Gasteiger partial charge in [0.1, 0.15) is 0 Å². The van der Waals surface area contributed by atoms with Gasteiger partial charge in [-0.3, -0.25) is 0 Å². The molecule has 0 radical (unpaired) electrons. The fraction of sp³-hybridized carbons (Fsp3) is 0. The van der Waals surface area contributed by atoms with Crippen molar-refractivity contribution in [1.29, 1.82) is 0 Å². The third-order valence-corrected chi connectivity index (χ3v) is 3.38. The molecule has 0 saturated heterocycles. The van der Waals surface area contributed by atoms with Crippen molar-refractivity contribution < 1.29 is 13.5 Å². The number of benzene rings is 1. The molecule has 12 heavy (non-hydrogen) atoms. The zero-order valence-electron chi connectivity index (χ0n) is 6.06. The minimum Gasteiger partial charge on any atom is -0.498 e. The Morgan fingerprint density at radius 3 is 2.50 bits per heavy atom. The summed E-state index contributed by atoms with van der Waals surface area (Å²) in [6.07, 6.45) is 1.25. The van der Waals surface area contributed by atoms with Gasteiger partial charge in [-0.25, -0.2) is 8.42 Å². The lowest BCUT2D eigenvalue weighted by Gasteiger charge is -1.95. The predicted molar refractivity (Wildman–Crippen MR) is 44.2 cm³/mol. The first-order chi connectivity index (χ1) is 5.62. The molecule has 1 heterocycles. The number of hydrogen-bond acceptors (Lipinski definition) is 3. The topological polar surface area (TPSA) is 54.4 Å². The number of fused-ring (bicyclic) bond motifs is 1. The first-order valence-corrected chi connectivity index (χ1v) is 4.85. The lowest BCUT2D eigenvalue weighted by Crippen LogP contribution is -1.98. The predicted octanol–water partition coefficient (Wildman–Crippen LogP) is 1.33. The van der Waals surface area contributed by atoms with Crippen LogP contribution in [0.25, 0.3) is 6.08 Å². The van der Waals surface area contributed by atoms with E-state index in [1.165, 1.54) is 12.1 Å². The third kappa shape index (κ3) is 0.783. The molecule has 0 unspecified atom stereocenters. The van der Waals surface area contributed by atoms with E-state index < -0.39 is 14.9 Å². The second kappa shape index (κ2) is 2.10. The minimum atomic E-state index is -3.57. The van der Waals surface area contributed by atoms with Crippen LogP contribution in [0.15, 0.2) is 34.3 Å². The molecular weight excluding hydrogens is 176 g/mol. The number of sulfone groups is 1. The van der Waals surface area contributed by atoms with Gasteiger partial charge < -0.3 is 5.11 Å². The average molecular weight is 182 g/mol. The average Bonchev–Trinajstić information content (AvgIpc) is 2.25. The van der Waals surface area contributed by atoms with Crippen LogP contribution >= 0.6 is 0 Å². The van der Waals surface area contributed by atoms with Crippen molar-refractivity contribution in [3.8, 4) is 0 Å². The number of rotatable bonds is 0. The second-order valence-electron chi connectivity index (χ2n) is 2.52. The van der Waals surface area contributed by atoms with E-state index in [4.69, 9.17) is 5.11 Å². The summed E-state index contributed by atoms with van der Waals surface area (Å²) in [5.41, 5.74) is 0.551. The van der Waals surface area contributed by atoms with Crippen LogP contribution in [-0.2, 0) is 9.84 Å². The molecule has 0 aromatic heterocycles. The molecule has 0 amide bonds. The summed E-state index contributed by atoms with van der Waals surface area (Å²) in [6, 6.07) is 6.48. The lowest BCUT2D eigenvalue weighted by atomic mass is 10.2. The van der Waals surface area contributed by atoms with Crippen molar-refractivity contribution in [2.24, 2.45) is 0 Å². The highest BCUT2D eigenvalue weighted by atomic mass is 32.2. The molecule has 1 aromatic rings. The van der Waals surface area contributed by atoms with Gasteiger partial charge in [0.25, 0.3) is 0 Å². The van der Waals surface area contributed by atoms with Crippen LogP contribution in [0.2, 0.25) is 0 Å². The van der Waals surface area contributed by atoms with Crippen LogP contribution < -0.4 is 0 Å². The van der Waals surface area contributed by atoms with Gasteiger partial charge in [0, 0.05) is 6.08 Å². The Kier molecular flexibility index (Phi) is 1.29. The summed E-state index contributed by atoms with van der Waals surface area (Å²) < 4.78 is 22.5. The smallest absolute Gasteiger partial charge is 0.239 e. The molecular formula is C8H6O3S. The van der Waals surface area contributed by atoms with E-state index in [-0.39, 0.29) is 4.90 Å². The summed E-state index contributed by atoms with van der Waals surface area (Å²) >= 11 is 0. The van der Waals surface area contributed by atoms with Gasteiger partial charge in [0.05, 0.1) is 4.90 Å². The molecule has 0 atom stereocenters. The fourth-order valence-corrected chi connectivity index (χ4v) is 2.37. The summed E-state index contributed by atoms with van der Waals surface area (Å²) in [6.45, 7) is 0. The van der Waals surface area contributed by atoms with Crippen LogP contribution in [0.1, 0.15) is 5.56 Å². The molecule has 1 aromatic carbocycles. The summed E-state index contributed by atoms with van der Waals surface area (Å²) in [7, 11) is -3.57. The normalized spacial score (nSPS) is 18.5. The van der Waals surface area contributed by atoms with Crippen molar-refractivity contribution in [2.75, 3.05) is 0 Å². The van der Waals surface area contributed by atoms with Crippen LogP contribution in [0, 0.1) is 0 Å². The van der Waals surface area contributed by atoms with Crippen molar-refractivity contribution >= 4 is 15.9 Å². The summed E-state index contributed by atoms with van der Waals surface area (Å²) in [5, 5.41) is 8.49. The molecule has 0 saturated carbocycles. The van der Waals surface area contributed by atoms with E-state index in [2.05, 4.69) is 0 Å². The van der Waals surface area contributed by atoms with Crippen molar-refractivity contribution in [2.45, 2.75) is 4.90 Å². The Morgan fingerprint density at radius 2 is 1.83 bits per heavy atom. The van der Waals surface area contributed by atoms with Gasteiger partial charge >= 0.3 is 0 Å². The monoisotopic (exact) mass is 182 g/mol. The highest BCUT2D eigenvalue weighted by molar-refractivity contribution is 7.95. The summed E-state index contributed by atoms with van der Waals surface area (Å²) in [5.74, 6) is 0. The SMILES string of the molecule is O=S1(=O)C(O)=Cc2ccccc21. The maximum Gasteiger partial charge on any atom is 0.239 e. The van der Waals surface area contributed by atoms with Gasteiger partial charge in [-0.1, -0.05) is 18.2 Å². The Hall–Kier alpha value is -1.29. The van der Waals surface area contributed by atoms with Gasteiger partial charge in [0.2, 0.25) is 14.9 Å². The molecule has 62 valence electrons. The van der Waals surface area contributed by atoms with E-state index in [0.29, 0.717) is 5.56 Å². The molecule has 0 fully saturated rings. The first kappa shape index (κ1) is 7.36. The number of aliphatic hydroxyl groups excluding tert-OH is 1. The Labute approximate surface area is 69.9 Å². The minimum absolute atomic E-state index is 0.183. The van der Waals surface area contributed by atoms with E-state index in [9.17, 15) is 8.42 Å². The molecule has 1 N–H and O–H groups in total. The molecule has 1 aliphatic rings. The number of hydrogen-bond donors (Lipinski definition) is 1. The van der Waals surface area contributed by atoms with E-state index >= 15 is 0 Å². The Morgan fingerprint density at radius 1 is 1.17 bits per heavy atom. The second-order valence-corrected chi connectivity index (χ2v) is 4.39. The maximum absolute atomic E-state index is 11.3. The lowest BCUT2D eigenvalue weighted by molar-refractivity contribution is 0.445. The molecule has 4 heteroatoms. The maximum atomic E-state index is 11.3. The Balaban J connectivity index is 2.83. The number of aliphatic hydroxyl groups is 1. The van der Waals surface area contributed by atoms with Crippen LogP contribution in [-0.4, -0.2) is 13.5 Å². The van der Waals surface area contributed by atoms with Crippen LogP contribution in [0.4, 0.5) is 0 Å². The quantitative estimate of drug-likeness (QED) is 0.658. The van der Waals surface area contributed by atoms with Gasteiger partial charge in [0.15, 0.2) is 0 Å². The first-order valence-electron chi connectivity index (χ1n) is 3.37. The molecule has 0 spiro atoms. The highest BCUT2D eigenvalue weighted by Crippen LogP contribution is 2.30. The standard InChI is InChI=1S/C8H6O3S/c9-8-5-6-3-1-2-4-7(6)12(8,10)11/h1-5,9H. The van der Waals surface area contributed by atoms with E-state index in [1.54, 1.807) is 18.2 Å². The van der Waals surface area contributed by atoms with Crippen LogP contribution in [0.5, 0.6) is 0 Å². The zero-order valence-corrected chi connectivity index (χ0v) is 6.88. The molecule has 2 rings (SSSR count). The van der Waals surface area contributed by atoms with Crippen molar-refractivity contribution in [3.05, 3.63) is 34.9 Å². The molecule has 1 aliphatic heterocycles. The fourth-order valence-electron chi connectivity index (χ4n) is 1.17. The molecule has 0 aliphatic carbocycles. The molecule has 0 bridgehead atoms. The Bertz CT molecular complexity index is 457. The molecule has 3 nitrogen and oxygen atoms in total. The van der Waals surface area contributed by atoms with Crippen molar-refractivity contribution in [3.63, 3.8) is 0 Å². The largest absolute Gasteiger partial charge is 0.498 e. The zero-order chi connectivity index (χ0) is 8.77. The van der Waals surface area contributed by atoms with Crippen LogP contribution in [0.3, 0.4) is 0 Å². The van der Waals surface area contributed by atoms with Crippen molar-refractivity contribution in [1.82, 2.24) is 0 Å².